The van der Waals surface area contributed by atoms with Gasteiger partial charge < -0.3 is 10.5 Å². The predicted octanol–water partition coefficient (Wildman–Crippen LogP) is 0.834. The van der Waals surface area contributed by atoms with Crippen LogP contribution in [0.1, 0.15) is 26.2 Å². The normalized spacial score (nSPS) is 23.4. The molecule has 1 aliphatic rings. The third-order valence-electron chi connectivity index (χ3n) is 3.31. The van der Waals surface area contributed by atoms with Gasteiger partial charge in [0.25, 0.3) is 0 Å². The van der Waals surface area contributed by atoms with Gasteiger partial charge in [0.05, 0.1) is 5.75 Å². The van der Waals surface area contributed by atoms with E-state index >= 15 is 0 Å². The molecule has 0 radical (unpaired) electrons. The summed E-state index contributed by atoms with van der Waals surface area (Å²) in [6.07, 6.45) is 2.50. The lowest BCUT2D eigenvalue weighted by Gasteiger charge is -2.33. The van der Waals surface area contributed by atoms with Crippen LogP contribution in [0.3, 0.4) is 0 Å². The molecule has 0 bridgehead atoms. The average molecular weight is 301 g/mol. The molecular weight excluding hydrogens is 276 g/mol. The molecule has 2 unspecified atom stereocenters. The van der Waals surface area contributed by atoms with Crippen LogP contribution in [-0.4, -0.2) is 51.3 Å². The minimum Gasteiger partial charge on any atom is -0.385 e. The Balaban J connectivity index is 0.00000289. The SMILES string of the molecule is COCCCS(=O)(=O)N1CCCC(C(C)N)C1.Cl. The number of hydrogen-bond donors (Lipinski definition) is 1. The van der Waals surface area contributed by atoms with E-state index in [1.54, 1.807) is 11.4 Å². The average Bonchev–Trinajstić information content (AvgIpc) is 2.29. The van der Waals surface area contributed by atoms with Crippen molar-refractivity contribution in [3.63, 3.8) is 0 Å². The molecule has 1 saturated heterocycles. The minimum atomic E-state index is -3.12. The molecule has 5 nitrogen and oxygen atoms in total. The van der Waals surface area contributed by atoms with Crippen molar-refractivity contribution >= 4 is 22.4 Å². The second-order valence-corrected chi connectivity index (χ2v) is 6.87. The molecule has 110 valence electrons. The number of ether oxygens (including phenoxy) is 1. The molecule has 0 aromatic rings. The fourth-order valence-corrected chi connectivity index (χ4v) is 3.74. The first kappa shape index (κ1) is 18.1. The number of nitrogens with zero attached hydrogens (tertiary/aromatic N) is 1. The zero-order valence-corrected chi connectivity index (χ0v) is 12.8. The van der Waals surface area contributed by atoms with Gasteiger partial charge in [-0.3, -0.25) is 0 Å². The van der Waals surface area contributed by atoms with E-state index in [-0.39, 0.29) is 24.2 Å². The third kappa shape index (κ3) is 5.40. The van der Waals surface area contributed by atoms with Crippen molar-refractivity contribution in [2.45, 2.75) is 32.2 Å². The quantitative estimate of drug-likeness (QED) is 0.738. The fourth-order valence-electron chi connectivity index (χ4n) is 2.17. The molecule has 0 amide bonds. The minimum absolute atomic E-state index is 0. The Morgan fingerprint density at radius 1 is 1.50 bits per heavy atom. The summed E-state index contributed by atoms with van der Waals surface area (Å²) in [6.45, 7) is 3.65. The number of piperidine rings is 1. The maximum Gasteiger partial charge on any atom is 0.214 e. The van der Waals surface area contributed by atoms with E-state index in [0.29, 0.717) is 32.0 Å². The van der Waals surface area contributed by atoms with Crippen molar-refractivity contribution in [3.8, 4) is 0 Å². The summed E-state index contributed by atoms with van der Waals surface area (Å²) < 4.78 is 30.6. The highest BCUT2D eigenvalue weighted by molar-refractivity contribution is 7.89. The van der Waals surface area contributed by atoms with Gasteiger partial charge in [0, 0.05) is 32.8 Å². The lowest BCUT2D eigenvalue weighted by molar-refractivity contribution is 0.198. The van der Waals surface area contributed by atoms with Crippen molar-refractivity contribution < 1.29 is 13.2 Å². The van der Waals surface area contributed by atoms with Gasteiger partial charge in [-0.15, -0.1) is 12.4 Å². The first-order valence-electron chi connectivity index (χ1n) is 6.19. The van der Waals surface area contributed by atoms with Gasteiger partial charge in [-0.05, 0) is 32.1 Å². The van der Waals surface area contributed by atoms with Gasteiger partial charge in [0.1, 0.15) is 0 Å². The topological polar surface area (TPSA) is 72.6 Å². The van der Waals surface area contributed by atoms with E-state index in [9.17, 15) is 8.42 Å². The number of methoxy groups -OCH3 is 1. The molecule has 7 heteroatoms. The summed E-state index contributed by atoms with van der Waals surface area (Å²) in [5.74, 6) is 0.466. The maximum absolute atomic E-state index is 12.1. The summed E-state index contributed by atoms with van der Waals surface area (Å²) in [5, 5.41) is 0. The monoisotopic (exact) mass is 300 g/mol. The van der Waals surface area contributed by atoms with Crippen LogP contribution in [0.5, 0.6) is 0 Å². The van der Waals surface area contributed by atoms with Crippen LogP contribution >= 0.6 is 12.4 Å². The molecule has 1 heterocycles. The number of sulfonamides is 1. The van der Waals surface area contributed by atoms with E-state index < -0.39 is 10.0 Å². The van der Waals surface area contributed by atoms with Crippen LogP contribution in [0.2, 0.25) is 0 Å². The van der Waals surface area contributed by atoms with Gasteiger partial charge in [-0.25, -0.2) is 12.7 Å². The molecule has 0 aromatic heterocycles. The summed E-state index contributed by atoms with van der Waals surface area (Å²) in [7, 11) is -1.54. The zero-order chi connectivity index (χ0) is 12.9. The van der Waals surface area contributed by atoms with E-state index in [0.717, 1.165) is 12.8 Å². The Labute approximate surface area is 117 Å². The second-order valence-electron chi connectivity index (χ2n) is 4.78. The van der Waals surface area contributed by atoms with Crippen LogP contribution in [0, 0.1) is 5.92 Å². The summed E-state index contributed by atoms with van der Waals surface area (Å²) >= 11 is 0. The van der Waals surface area contributed by atoms with Crippen molar-refractivity contribution in [3.05, 3.63) is 0 Å². The molecule has 0 spiro atoms. The van der Waals surface area contributed by atoms with Gasteiger partial charge in [0.2, 0.25) is 10.0 Å². The van der Waals surface area contributed by atoms with Gasteiger partial charge in [-0.1, -0.05) is 0 Å². The zero-order valence-electron chi connectivity index (χ0n) is 11.2. The van der Waals surface area contributed by atoms with Crippen molar-refractivity contribution in [1.29, 1.82) is 0 Å². The Morgan fingerprint density at radius 2 is 2.17 bits per heavy atom. The Hall–Kier alpha value is 0.120. The lowest BCUT2D eigenvalue weighted by Crippen LogP contribution is -2.45. The number of hydrogen-bond acceptors (Lipinski definition) is 4. The van der Waals surface area contributed by atoms with E-state index in [4.69, 9.17) is 10.5 Å². The molecule has 2 atom stereocenters. The summed E-state index contributed by atoms with van der Waals surface area (Å²) in [6, 6.07) is 0.0620. The molecule has 18 heavy (non-hydrogen) atoms. The highest BCUT2D eigenvalue weighted by Gasteiger charge is 2.29. The van der Waals surface area contributed by atoms with Crippen LogP contribution in [0.4, 0.5) is 0 Å². The predicted molar refractivity (Wildman–Crippen MR) is 75.5 cm³/mol. The number of halogens is 1. The van der Waals surface area contributed by atoms with Gasteiger partial charge in [-0.2, -0.15) is 0 Å². The highest BCUT2D eigenvalue weighted by atomic mass is 35.5. The molecule has 2 N–H and O–H groups in total. The Morgan fingerprint density at radius 3 is 2.72 bits per heavy atom. The van der Waals surface area contributed by atoms with Crippen LogP contribution in [-0.2, 0) is 14.8 Å². The summed E-state index contributed by atoms with van der Waals surface area (Å²) in [5.41, 5.74) is 5.85. The van der Waals surface area contributed by atoms with Crippen molar-refractivity contribution in [2.24, 2.45) is 11.7 Å². The first-order chi connectivity index (χ1) is 7.97. The second kappa shape index (κ2) is 8.32. The van der Waals surface area contributed by atoms with Crippen molar-refractivity contribution in [1.82, 2.24) is 4.31 Å². The molecule has 0 saturated carbocycles. The Kier molecular flexibility index (Phi) is 8.38. The number of nitrogens with two attached hydrogens (primary N) is 1. The first-order valence-corrected chi connectivity index (χ1v) is 7.80. The molecule has 0 aromatic carbocycles. The summed E-state index contributed by atoms with van der Waals surface area (Å²) in [4.78, 5) is 0. The molecular formula is C11H25ClN2O3S. The molecule has 1 fully saturated rings. The molecule has 1 rings (SSSR count). The lowest BCUT2D eigenvalue weighted by atomic mass is 9.93. The number of rotatable bonds is 6. The van der Waals surface area contributed by atoms with Crippen LogP contribution < -0.4 is 5.73 Å². The molecule has 1 aliphatic heterocycles. The van der Waals surface area contributed by atoms with Crippen molar-refractivity contribution in [2.75, 3.05) is 32.6 Å². The smallest absolute Gasteiger partial charge is 0.214 e. The van der Waals surface area contributed by atoms with E-state index in [2.05, 4.69) is 0 Å². The van der Waals surface area contributed by atoms with Gasteiger partial charge in [0.15, 0.2) is 0 Å². The van der Waals surface area contributed by atoms with E-state index in [1.165, 1.54) is 0 Å². The molecule has 0 aliphatic carbocycles. The highest BCUT2D eigenvalue weighted by Crippen LogP contribution is 2.21. The van der Waals surface area contributed by atoms with E-state index in [1.807, 2.05) is 6.92 Å². The van der Waals surface area contributed by atoms with Gasteiger partial charge >= 0.3 is 0 Å². The standard InChI is InChI=1S/C11H24N2O3S.ClH/c1-10(12)11-5-3-6-13(9-11)17(14,15)8-4-7-16-2;/h10-11H,3-9,12H2,1-2H3;1H. The maximum atomic E-state index is 12.1. The fraction of sp³-hybridized carbons (Fsp3) is 1.00. The Bertz CT molecular complexity index is 322. The third-order valence-corrected chi connectivity index (χ3v) is 5.23. The van der Waals surface area contributed by atoms with Crippen LogP contribution in [0.15, 0.2) is 0 Å². The van der Waals surface area contributed by atoms with Crippen LogP contribution in [0.25, 0.3) is 0 Å². The largest absolute Gasteiger partial charge is 0.385 e.